The molecule has 1 atom stereocenters. The van der Waals surface area contributed by atoms with Gasteiger partial charge in [-0.25, -0.2) is 0 Å². The topological polar surface area (TPSA) is 0 Å². The summed E-state index contributed by atoms with van der Waals surface area (Å²) in [6.07, 6.45) is 5.80. The number of hydrogen-bond acceptors (Lipinski definition) is 0. The summed E-state index contributed by atoms with van der Waals surface area (Å²) < 4.78 is 0. The van der Waals surface area contributed by atoms with E-state index in [9.17, 15) is 0 Å². The minimum absolute atomic E-state index is 0.756. The fourth-order valence-corrected chi connectivity index (χ4v) is 2.15. The Morgan fingerprint density at radius 2 is 1.92 bits per heavy atom. The maximum atomic E-state index is 2.35. The van der Waals surface area contributed by atoms with Gasteiger partial charge in [-0.1, -0.05) is 56.5 Å². The standard InChI is InChI=1S/C13H18/c1-11(10-12-6-5-7-12)13-8-3-2-4-9-13/h2-4,8-9,11-12H,5-7,10H2,1H3. The summed E-state index contributed by atoms with van der Waals surface area (Å²) >= 11 is 0. The molecule has 13 heavy (non-hydrogen) atoms. The molecule has 0 saturated heterocycles. The van der Waals surface area contributed by atoms with Crippen molar-refractivity contribution in [3.63, 3.8) is 0 Å². The Morgan fingerprint density at radius 1 is 1.23 bits per heavy atom. The molecular formula is C13H18. The second-order valence-electron chi connectivity index (χ2n) is 4.34. The molecule has 0 amide bonds. The second kappa shape index (κ2) is 3.95. The van der Waals surface area contributed by atoms with E-state index < -0.39 is 0 Å². The molecule has 0 heterocycles. The van der Waals surface area contributed by atoms with Gasteiger partial charge in [-0.2, -0.15) is 0 Å². The summed E-state index contributed by atoms with van der Waals surface area (Å²) in [5.41, 5.74) is 1.51. The van der Waals surface area contributed by atoms with Gasteiger partial charge in [0.1, 0.15) is 0 Å². The van der Waals surface area contributed by atoms with Gasteiger partial charge in [-0.3, -0.25) is 0 Å². The normalized spacial score (nSPS) is 19.5. The molecule has 0 aliphatic heterocycles. The van der Waals surface area contributed by atoms with Gasteiger partial charge in [0, 0.05) is 0 Å². The molecule has 1 aliphatic rings. The summed E-state index contributed by atoms with van der Waals surface area (Å²) in [7, 11) is 0. The lowest BCUT2D eigenvalue weighted by molar-refractivity contribution is 0.280. The zero-order valence-electron chi connectivity index (χ0n) is 8.37. The van der Waals surface area contributed by atoms with Gasteiger partial charge in [0.05, 0.1) is 0 Å². The molecule has 1 aromatic carbocycles. The molecule has 0 N–H and O–H groups in total. The van der Waals surface area contributed by atoms with Crippen LogP contribution >= 0.6 is 0 Å². The van der Waals surface area contributed by atoms with Crippen molar-refractivity contribution in [1.29, 1.82) is 0 Å². The molecule has 2 rings (SSSR count). The highest BCUT2D eigenvalue weighted by Gasteiger charge is 2.20. The van der Waals surface area contributed by atoms with E-state index in [1.807, 2.05) is 0 Å². The van der Waals surface area contributed by atoms with Crippen LogP contribution < -0.4 is 0 Å². The van der Waals surface area contributed by atoms with Gasteiger partial charge in [-0.15, -0.1) is 0 Å². The Hall–Kier alpha value is -0.780. The van der Waals surface area contributed by atoms with Crippen LogP contribution in [0.2, 0.25) is 0 Å². The molecule has 1 unspecified atom stereocenters. The van der Waals surface area contributed by atoms with E-state index in [4.69, 9.17) is 0 Å². The molecule has 70 valence electrons. The van der Waals surface area contributed by atoms with Crippen molar-refractivity contribution >= 4 is 0 Å². The third kappa shape index (κ3) is 2.12. The highest BCUT2D eigenvalue weighted by Crippen LogP contribution is 2.35. The summed E-state index contributed by atoms with van der Waals surface area (Å²) in [6.45, 7) is 2.35. The Balaban J connectivity index is 1.92. The third-order valence-corrected chi connectivity index (χ3v) is 3.28. The summed E-state index contributed by atoms with van der Waals surface area (Å²) in [5.74, 6) is 1.78. The molecule has 0 nitrogen and oxygen atoms in total. The van der Waals surface area contributed by atoms with Gasteiger partial charge in [0.2, 0.25) is 0 Å². The van der Waals surface area contributed by atoms with Crippen LogP contribution in [0.15, 0.2) is 30.3 Å². The largest absolute Gasteiger partial charge is 0.0622 e. The lowest BCUT2D eigenvalue weighted by Crippen LogP contribution is -2.13. The van der Waals surface area contributed by atoms with Gasteiger partial charge in [0.25, 0.3) is 0 Å². The van der Waals surface area contributed by atoms with Gasteiger partial charge < -0.3 is 0 Å². The minimum atomic E-state index is 0.756. The van der Waals surface area contributed by atoms with Crippen molar-refractivity contribution in [2.75, 3.05) is 0 Å². The number of benzene rings is 1. The first-order chi connectivity index (χ1) is 6.36. The number of hydrogen-bond donors (Lipinski definition) is 0. The van der Waals surface area contributed by atoms with Crippen LogP contribution in [0.1, 0.15) is 44.1 Å². The highest BCUT2D eigenvalue weighted by atomic mass is 14.3. The van der Waals surface area contributed by atoms with E-state index in [2.05, 4.69) is 37.3 Å². The van der Waals surface area contributed by atoms with Gasteiger partial charge in [0.15, 0.2) is 0 Å². The molecule has 1 aromatic rings. The maximum Gasteiger partial charge on any atom is -0.0188 e. The van der Waals surface area contributed by atoms with Crippen LogP contribution in [0.4, 0.5) is 0 Å². The average molecular weight is 174 g/mol. The van der Waals surface area contributed by atoms with Crippen LogP contribution in [-0.4, -0.2) is 0 Å². The summed E-state index contributed by atoms with van der Waals surface area (Å²) in [4.78, 5) is 0. The van der Waals surface area contributed by atoms with E-state index >= 15 is 0 Å². The van der Waals surface area contributed by atoms with Gasteiger partial charge >= 0.3 is 0 Å². The molecule has 1 fully saturated rings. The Bertz CT molecular complexity index is 246. The second-order valence-corrected chi connectivity index (χ2v) is 4.34. The molecule has 1 aliphatic carbocycles. The fraction of sp³-hybridized carbons (Fsp3) is 0.538. The van der Waals surface area contributed by atoms with Crippen molar-refractivity contribution in [3.05, 3.63) is 35.9 Å². The monoisotopic (exact) mass is 174 g/mol. The van der Waals surface area contributed by atoms with Crippen molar-refractivity contribution in [2.45, 2.75) is 38.5 Å². The Labute approximate surface area is 81.0 Å². The van der Waals surface area contributed by atoms with E-state index in [1.54, 1.807) is 0 Å². The summed E-state index contributed by atoms with van der Waals surface area (Å²) in [5, 5.41) is 0. The molecule has 1 saturated carbocycles. The fourth-order valence-electron chi connectivity index (χ4n) is 2.15. The highest BCUT2D eigenvalue weighted by molar-refractivity contribution is 5.18. The average Bonchev–Trinajstić information content (AvgIpc) is 2.12. The first-order valence-electron chi connectivity index (χ1n) is 5.41. The Morgan fingerprint density at radius 3 is 2.46 bits per heavy atom. The lowest BCUT2D eigenvalue weighted by atomic mass is 9.78. The SMILES string of the molecule is CC(CC1CCC1)c1ccccc1. The minimum Gasteiger partial charge on any atom is -0.0622 e. The van der Waals surface area contributed by atoms with Crippen LogP contribution in [-0.2, 0) is 0 Å². The van der Waals surface area contributed by atoms with E-state index in [0.717, 1.165) is 11.8 Å². The smallest absolute Gasteiger partial charge is 0.0188 e. The van der Waals surface area contributed by atoms with E-state index in [-0.39, 0.29) is 0 Å². The molecular weight excluding hydrogens is 156 g/mol. The first kappa shape index (κ1) is 8.80. The molecule has 0 heteroatoms. The maximum absolute atomic E-state index is 2.35. The molecule has 0 spiro atoms. The van der Waals surface area contributed by atoms with E-state index in [1.165, 1.54) is 31.2 Å². The molecule has 0 aromatic heterocycles. The molecule has 0 radical (unpaired) electrons. The van der Waals surface area contributed by atoms with Gasteiger partial charge in [-0.05, 0) is 23.8 Å². The predicted molar refractivity (Wildman–Crippen MR) is 56.8 cm³/mol. The Kier molecular flexibility index (Phi) is 2.68. The predicted octanol–water partition coefficient (Wildman–Crippen LogP) is 3.98. The zero-order chi connectivity index (χ0) is 9.10. The van der Waals surface area contributed by atoms with Crippen molar-refractivity contribution in [2.24, 2.45) is 5.92 Å². The quantitative estimate of drug-likeness (QED) is 0.650. The first-order valence-corrected chi connectivity index (χ1v) is 5.41. The van der Waals surface area contributed by atoms with Crippen LogP contribution in [0, 0.1) is 5.92 Å². The summed E-state index contributed by atoms with van der Waals surface area (Å²) in [6, 6.07) is 10.9. The number of rotatable bonds is 3. The van der Waals surface area contributed by atoms with Crippen molar-refractivity contribution < 1.29 is 0 Å². The molecule has 0 bridgehead atoms. The third-order valence-electron chi connectivity index (χ3n) is 3.28. The van der Waals surface area contributed by atoms with E-state index in [0.29, 0.717) is 0 Å². The zero-order valence-corrected chi connectivity index (χ0v) is 8.37. The van der Waals surface area contributed by atoms with Crippen molar-refractivity contribution in [1.82, 2.24) is 0 Å². The van der Waals surface area contributed by atoms with Crippen molar-refractivity contribution in [3.8, 4) is 0 Å². The lowest BCUT2D eigenvalue weighted by Gasteiger charge is -2.28. The van der Waals surface area contributed by atoms with Crippen LogP contribution in [0.5, 0.6) is 0 Å². The van der Waals surface area contributed by atoms with Crippen LogP contribution in [0.3, 0.4) is 0 Å². The van der Waals surface area contributed by atoms with Crippen LogP contribution in [0.25, 0.3) is 0 Å².